The Morgan fingerprint density at radius 3 is 2.88 bits per heavy atom. The number of rotatable bonds is 3. The Bertz CT molecular complexity index is 783. The maximum atomic E-state index is 12.1. The highest BCUT2D eigenvalue weighted by Crippen LogP contribution is 2.25. The molecule has 0 saturated heterocycles. The van der Waals surface area contributed by atoms with E-state index in [2.05, 4.69) is 10.3 Å². The number of anilines is 1. The van der Waals surface area contributed by atoms with Crippen molar-refractivity contribution >= 4 is 28.8 Å². The van der Waals surface area contributed by atoms with Crippen molar-refractivity contribution in [2.45, 2.75) is 26.9 Å². The molecule has 0 bridgehead atoms. The quantitative estimate of drug-likeness (QED) is 0.582. The van der Waals surface area contributed by atoms with Gasteiger partial charge in [0.15, 0.2) is 0 Å². The molecule has 1 aromatic heterocycles. The largest absolute Gasteiger partial charge is 0.325 e. The van der Waals surface area contributed by atoms with Crippen molar-refractivity contribution in [1.29, 1.82) is 0 Å². The number of benzene rings is 1. The lowest BCUT2D eigenvalue weighted by Crippen LogP contribution is -2.29. The number of amides is 2. The topological polar surface area (TPSA) is 94.6 Å². The van der Waals surface area contributed by atoms with Crippen LogP contribution in [0.3, 0.4) is 0 Å². The number of aryl methyl sites for hydroxylation is 2. The summed E-state index contributed by atoms with van der Waals surface area (Å²) in [7, 11) is 0. The molecule has 126 valence electrons. The van der Waals surface area contributed by atoms with E-state index in [1.54, 1.807) is 35.0 Å². The molecule has 1 aromatic carbocycles. The van der Waals surface area contributed by atoms with Crippen molar-refractivity contribution in [3.63, 3.8) is 0 Å². The summed E-state index contributed by atoms with van der Waals surface area (Å²) in [5.74, 6) is -0.677. The van der Waals surface area contributed by atoms with Crippen LogP contribution in [0.5, 0.6) is 0 Å². The van der Waals surface area contributed by atoms with E-state index in [1.165, 1.54) is 4.88 Å². The summed E-state index contributed by atoms with van der Waals surface area (Å²) in [6, 6.07) is 4.92. The van der Waals surface area contributed by atoms with Crippen LogP contribution in [0.2, 0.25) is 0 Å². The molecule has 0 unspecified atom stereocenters. The Morgan fingerprint density at radius 1 is 1.42 bits per heavy atom. The van der Waals surface area contributed by atoms with Crippen molar-refractivity contribution < 1.29 is 14.8 Å². The van der Waals surface area contributed by atoms with E-state index in [0.717, 1.165) is 16.3 Å². The lowest BCUT2D eigenvalue weighted by atomic mass is 10.1. The molecule has 2 heterocycles. The summed E-state index contributed by atoms with van der Waals surface area (Å²) >= 11 is 1.63. The molecule has 0 saturated carbocycles. The molecule has 24 heavy (non-hydrogen) atoms. The third-order valence-corrected chi connectivity index (χ3v) is 4.99. The van der Waals surface area contributed by atoms with E-state index >= 15 is 0 Å². The van der Waals surface area contributed by atoms with Crippen molar-refractivity contribution in [1.82, 2.24) is 15.4 Å². The number of nitrogens with zero attached hydrogens (tertiary/aromatic N) is 2. The van der Waals surface area contributed by atoms with Gasteiger partial charge in [0.05, 0.1) is 18.8 Å². The Morgan fingerprint density at radius 2 is 2.21 bits per heavy atom. The number of carbonyl (C=O) groups excluding carboxylic acids is 2. The first-order valence-electron chi connectivity index (χ1n) is 7.48. The monoisotopic (exact) mass is 346 g/mol. The van der Waals surface area contributed by atoms with Gasteiger partial charge in [0.2, 0.25) is 5.91 Å². The number of thiazole rings is 1. The number of carbonyl (C=O) groups is 2. The van der Waals surface area contributed by atoms with Crippen LogP contribution in [0.15, 0.2) is 18.2 Å². The van der Waals surface area contributed by atoms with Crippen LogP contribution in [0, 0.1) is 13.8 Å². The normalized spacial score (nSPS) is 14.7. The van der Waals surface area contributed by atoms with Gasteiger partial charge in [0, 0.05) is 22.7 Å². The summed E-state index contributed by atoms with van der Waals surface area (Å²) in [5, 5.41) is 12.6. The molecule has 0 fully saturated rings. The van der Waals surface area contributed by atoms with Gasteiger partial charge in [-0.2, -0.15) is 0 Å². The molecule has 2 aromatic rings. The van der Waals surface area contributed by atoms with E-state index in [4.69, 9.17) is 5.21 Å². The van der Waals surface area contributed by atoms with Crippen LogP contribution in [-0.2, 0) is 17.9 Å². The zero-order valence-electron chi connectivity index (χ0n) is 13.4. The average Bonchev–Trinajstić information content (AvgIpc) is 2.76. The maximum absolute atomic E-state index is 12.1. The van der Waals surface area contributed by atoms with E-state index in [-0.39, 0.29) is 12.5 Å². The molecular weight excluding hydrogens is 328 g/mol. The SMILES string of the molecule is Cc1nc(CN2CC(=O)Nc3ccc(C(=O)NO)cc3C2)sc1C. The highest BCUT2D eigenvalue weighted by atomic mass is 32.1. The second-order valence-corrected chi connectivity index (χ2v) is 7.04. The van der Waals surface area contributed by atoms with Gasteiger partial charge in [-0.25, -0.2) is 10.5 Å². The minimum absolute atomic E-state index is 0.0990. The van der Waals surface area contributed by atoms with Crippen LogP contribution in [0.25, 0.3) is 0 Å². The Hall–Kier alpha value is -2.29. The Balaban J connectivity index is 1.86. The fraction of sp³-hybridized carbons (Fsp3) is 0.312. The van der Waals surface area contributed by atoms with Crippen molar-refractivity contribution in [2.75, 3.05) is 11.9 Å². The van der Waals surface area contributed by atoms with Gasteiger partial charge in [0.1, 0.15) is 5.01 Å². The average molecular weight is 346 g/mol. The van der Waals surface area contributed by atoms with Gasteiger partial charge in [-0.15, -0.1) is 11.3 Å². The minimum Gasteiger partial charge on any atom is -0.325 e. The van der Waals surface area contributed by atoms with Gasteiger partial charge >= 0.3 is 0 Å². The zero-order chi connectivity index (χ0) is 17.3. The minimum atomic E-state index is -0.578. The van der Waals surface area contributed by atoms with Gasteiger partial charge in [-0.05, 0) is 37.6 Å². The predicted molar refractivity (Wildman–Crippen MR) is 90.0 cm³/mol. The molecule has 2 amide bonds. The number of hydrogen-bond acceptors (Lipinski definition) is 6. The van der Waals surface area contributed by atoms with E-state index < -0.39 is 5.91 Å². The first kappa shape index (κ1) is 16.6. The molecule has 0 aliphatic carbocycles. The second-order valence-electron chi connectivity index (χ2n) is 5.76. The van der Waals surface area contributed by atoms with Crippen LogP contribution >= 0.6 is 11.3 Å². The summed E-state index contributed by atoms with van der Waals surface area (Å²) in [6.07, 6.45) is 0. The van der Waals surface area contributed by atoms with Crippen molar-refractivity contribution in [2.24, 2.45) is 0 Å². The molecule has 0 atom stereocenters. The van der Waals surface area contributed by atoms with Crippen LogP contribution in [-0.4, -0.2) is 33.5 Å². The van der Waals surface area contributed by atoms with Crippen molar-refractivity contribution in [3.8, 4) is 0 Å². The van der Waals surface area contributed by atoms with Gasteiger partial charge < -0.3 is 5.32 Å². The van der Waals surface area contributed by atoms with Crippen molar-refractivity contribution in [3.05, 3.63) is 44.9 Å². The Kier molecular flexibility index (Phi) is 4.61. The number of fused-ring (bicyclic) bond motifs is 1. The fourth-order valence-corrected chi connectivity index (χ4v) is 3.63. The maximum Gasteiger partial charge on any atom is 0.274 e. The standard InChI is InChI=1S/C16H18N4O3S/c1-9-10(2)24-15(17-9)8-20-6-12-5-11(16(22)19-23)3-4-13(12)18-14(21)7-20/h3-5,23H,6-8H2,1-2H3,(H,18,21)(H,19,22). The molecule has 0 spiro atoms. The van der Waals surface area contributed by atoms with Crippen LogP contribution in [0.4, 0.5) is 5.69 Å². The van der Waals surface area contributed by atoms with Gasteiger partial charge in [0.25, 0.3) is 5.91 Å². The molecule has 1 aliphatic rings. The third-order valence-electron chi connectivity index (χ3n) is 3.94. The molecule has 0 radical (unpaired) electrons. The lowest BCUT2D eigenvalue weighted by molar-refractivity contribution is -0.117. The molecule has 3 N–H and O–H groups in total. The van der Waals surface area contributed by atoms with Crippen LogP contribution in [0.1, 0.15) is 31.5 Å². The van der Waals surface area contributed by atoms with Crippen LogP contribution < -0.4 is 10.8 Å². The highest BCUT2D eigenvalue weighted by molar-refractivity contribution is 7.11. The van der Waals surface area contributed by atoms with E-state index in [1.807, 2.05) is 18.7 Å². The number of hydrogen-bond donors (Lipinski definition) is 3. The lowest BCUT2D eigenvalue weighted by Gasteiger charge is -2.17. The molecule has 3 rings (SSSR count). The van der Waals surface area contributed by atoms with Gasteiger partial charge in [-0.3, -0.25) is 19.7 Å². The van der Waals surface area contributed by atoms with Gasteiger partial charge in [-0.1, -0.05) is 0 Å². The molecule has 7 nitrogen and oxygen atoms in total. The Labute approximate surface area is 143 Å². The first-order chi connectivity index (χ1) is 11.5. The summed E-state index contributed by atoms with van der Waals surface area (Å²) < 4.78 is 0. The fourth-order valence-electron chi connectivity index (χ4n) is 2.65. The number of aromatic nitrogens is 1. The summed E-state index contributed by atoms with van der Waals surface area (Å²) in [4.78, 5) is 31.4. The number of nitrogens with one attached hydrogen (secondary N) is 2. The molecule has 1 aliphatic heterocycles. The molecular formula is C16H18N4O3S. The first-order valence-corrected chi connectivity index (χ1v) is 8.30. The zero-order valence-corrected chi connectivity index (χ0v) is 14.2. The second kappa shape index (κ2) is 6.68. The summed E-state index contributed by atoms with van der Waals surface area (Å²) in [6.45, 7) is 5.34. The number of hydroxylamine groups is 1. The third kappa shape index (κ3) is 3.45. The summed E-state index contributed by atoms with van der Waals surface area (Å²) in [5.41, 5.74) is 4.49. The predicted octanol–water partition coefficient (Wildman–Crippen LogP) is 1.83. The molecule has 8 heteroatoms. The van der Waals surface area contributed by atoms with E-state index in [0.29, 0.717) is 24.3 Å². The van der Waals surface area contributed by atoms with E-state index in [9.17, 15) is 9.59 Å². The smallest absolute Gasteiger partial charge is 0.274 e. The highest BCUT2D eigenvalue weighted by Gasteiger charge is 2.21.